The number of hydrogen-bond acceptors (Lipinski definition) is 6. The molecular formula is C29H31N5O4S. The van der Waals surface area contributed by atoms with Crippen molar-refractivity contribution in [2.75, 3.05) is 24.5 Å². The first kappa shape index (κ1) is 25.7. The minimum atomic E-state index is -0.882. The second kappa shape index (κ2) is 10.5. The summed E-state index contributed by atoms with van der Waals surface area (Å²) in [6.07, 6.45) is 1.55. The van der Waals surface area contributed by atoms with E-state index in [4.69, 9.17) is 0 Å². The number of anilines is 1. The van der Waals surface area contributed by atoms with Gasteiger partial charge in [0, 0.05) is 30.4 Å². The van der Waals surface area contributed by atoms with Crippen LogP contribution >= 0.6 is 11.8 Å². The zero-order valence-electron chi connectivity index (χ0n) is 21.4. The molecule has 6 rings (SSSR count). The number of rotatable bonds is 5. The number of β-amino-alcohol motifs (C(OH)–C–C–N with tert-alkyl or cyclic N) is 1. The van der Waals surface area contributed by atoms with Crippen LogP contribution in [0.1, 0.15) is 12.8 Å². The highest BCUT2D eigenvalue weighted by Crippen LogP contribution is 2.48. The van der Waals surface area contributed by atoms with E-state index in [0.29, 0.717) is 23.6 Å². The zero-order chi connectivity index (χ0) is 27.1. The summed E-state index contributed by atoms with van der Waals surface area (Å²) >= 11 is 1.43. The third kappa shape index (κ3) is 4.73. The summed E-state index contributed by atoms with van der Waals surface area (Å²) in [7, 11) is 0. The standard InChI is InChI=1S/C29H31N5O4S/c1-2-23(36)33-15-13-20(22(35)16-33)31-27(37)26-25-24-21(12-14-30-28(24)39-26)34(29(38)32-25)19-10-8-18(9-11-19)17-6-4-3-5-7-17/h2-11,20-22,24,28,30,35H,1,12-16H2,(H,31,37)(H,32,38). The lowest BCUT2D eigenvalue weighted by molar-refractivity contribution is -0.130. The number of thioether (sulfide) groups is 1. The van der Waals surface area contributed by atoms with Crippen LogP contribution in [0.3, 0.4) is 0 Å². The summed E-state index contributed by atoms with van der Waals surface area (Å²) in [4.78, 5) is 42.6. The molecule has 0 saturated carbocycles. The van der Waals surface area contributed by atoms with Gasteiger partial charge in [0.05, 0.1) is 28.5 Å². The molecule has 2 aromatic rings. The number of amides is 4. The number of aliphatic hydroxyl groups excluding tert-OH is 1. The molecule has 0 bridgehead atoms. The van der Waals surface area contributed by atoms with Gasteiger partial charge < -0.3 is 26.0 Å². The van der Waals surface area contributed by atoms with Gasteiger partial charge in [-0.1, -0.05) is 60.8 Å². The fraction of sp³-hybridized carbons (Fsp3) is 0.345. The van der Waals surface area contributed by atoms with Crippen molar-refractivity contribution in [3.8, 4) is 11.1 Å². The van der Waals surface area contributed by atoms with Gasteiger partial charge in [0.25, 0.3) is 5.91 Å². The topological polar surface area (TPSA) is 114 Å². The minimum absolute atomic E-state index is 0.0387. The number of nitrogens with zero attached hydrogens (tertiary/aromatic N) is 2. The van der Waals surface area contributed by atoms with Gasteiger partial charge >= 0.3 is 6.03 Å². The van der Waals surface area contributed by atoms with Crippen LogP contribution in [0, 0.1) is 5.92 Å². The van der Waals surface area contributed by atoms with Gasteiger partial charge in [0.15, 0.2) is 0 Å². The highest BCUT2D eigenvalue weighted by molar-refractivity contribution is 8.04. The summed E-state index contributed by atoms with van der Waals surface area (Å²) in [5.41, 5.74) is 3.67. The molecule has 202 valence electrons. The fourth-order valence-corrected chi connectivity index (χ4v) is 7.43. The highest BCUT2D eigenvalue weighted by Gasteiger charge is 2.52. The van der Waals surface area contributed by atoms with Crippen molar-refractivity contribution in [2.45, 2.75) is 36.4 Å². The third-order valence-corrected chi connectivity index (χ3v) is 9.34. The van der Waals surface area contributed by atoms with Crippen LogP contribution in [0.25, 0.3) is 11.1 Å². The molecule has 0 aromatic heterocycles. The number of likely N-dealkylation sites (tertiary alicyclic amines) is 1. The van der Waals surface area contributed by atoms with Crippen LogP contribution in [0.2, 0.25) is 0 Å². The normalized spacial score (nSPS) is 28.0. The maximum atomic E-state index is 13.5. The Balaban J connectivity index is 1.20. The average molecular weight is 546 g/mol. The molecule has 4 aliphatic heterocycles. The molecule has 10 heteroatoms. The Labute approximate surface area is 231 Å². The predicted octanol–water partition coefficient (Wildman–Crippen LogP) is 2.41. The Bertz CT molecular complexity index is 1330. The maximum absolute atomic E-state index is 13.5. The van der Waals surface area contributed by atoms with E-state index in [-0.39, 0.29) is 41.7 Å². The lowest BCUT2D eigenvalue weighted by atomic mass is 9.86. The van der Waals surface area contributed by atoms with Crippen LogP contribution in [0.15, 0.2) is 77.9 Å². The Kier molecular flexibility index (Phi) is 6.92. The van der Waals surface area contributed by atoms with Gasteiger partial charge in [0.1, 0.15) is 0 Å². The number of nitrogens with one attached hydrogen (secondary N) is 3. The Hall–Kier alpha value is -3.60. The maximum Gasteiger partial charge on any atom is 0.326 e. The second-order valence-electron chi connectivity index (χ2n) is 10.3. The van der Waals surface area contributed by atoms with E-state index in [2.05, 4.69) is 34.7 Å². The molecule has 4 aliphatic rings. The third-order valence-electron chi connectivity index (χ3n) is 7.98. The molecule has 3 fully saturated rings. The van der Waals surface area contributed by atoms with E-state index in [0.717, 1.165) is 29.8 Å². The minimum Gasteiger partial charge on any atom is -0.389 e. The first-order chi connectivity index (χ1) is 18.9. The quantitative estimate of drug-likeness (QED) is 0.429. The Morgan fingerprint density at radius 3 is 2.54 bits per heavy atom. The number of benzene rings is 2. The lowest BCUT2D eigenvalue weighted by Crippen LogP contribution is -2.62. The molecule has 0 spiro atoms. The summed E-state index contributed by atoms with van der Waals surface area (Å²) < 4.78 is 0. The smallest absolute Gasteiger partial charge is 0.326 e. The largest absolute Gasteiger partial charge is 0.389 e. The van der Waals surface area contributed by atoms with Crippen molar-refractivity contribution in [3.05, 3.63) is 77.9 Å². The van der Waals surface area contributed by atoms with Crippen LogP contribution in [-0.4, -0.2) is 71.0 Å². The highest BCUT2D eigenvalue weighted by atomic mass is 32.2. The summed E-state index contributed by atoms with van der Waals surface area (Å²) in [6, 6.07) is 17.3. The van der Waals surface area contributed by atoms with Gasteiger partial charge in [-0.2, -0.15) is 0 Å². The summed E-state index contributed by atoms with van der Waals surface area (Å²) in [5.74, 6) is -0.605. The van der Waals surface area contributed by atoms with E-state index in [1.54, 1.807) is 0 Å². The number of urea groups is 1. The molecule has 5 atom stereocenters. The SMILES string of the molecule is C=CC(=O)N1CCC(NC(=O)C2=C3NC(=O)N(c4ccc(-c5ccccc5)cc4)C4CCNC(S2)C34)C(O)C1. The average Bonchev–Trinajstić information content (AvgIpc) is 3.34. The molecule has 5 unspecified atom stereocenters. The molecule has 4 amide bonds. The molecule has 4 N–H and O–H groups in total. The summed E-state index contributed by atoms with van der Waals surface area (Å²) in [6.45, 7) is 4.80. The first-order valence-electron chi connectivity index (χ1n) is 13.2. The van der Waals surface area contributed by atoms with Crippen LogP contribution in [0.4, 0.5) is 10.5 Å². The van der Waals surface area contributed by atoms with E-state index in [1.165, 1.54) is 22.7 Å². The van der Waals surface area contributed by atoms with E-state index in [1.807, 2.05) is 47.4 Å². The first-order valence-corrected chi connectivity index (χ1v) is 14.1. The fourth-order valence-electron chi connectivity index (χ4n) is 6.03. The monoisotopic (exact) mass is 545 g/mol. The molecular weight excluding hydrogens is 514 g/mol. The molecule has 9 nitrogen and oxygen atoms in total. The predicted molar refractivity (Wildman–Crippen MR) is 151 cm³/mol. The molecule has 4 heterocycles. The number of carbonyl (C=O) groups is 3. The Morgan fingerprint density at radius 1 is 1.08 bits per heavy atom. The molecule has 2 aromatic carbocycles. The zero-order valence-corrected chi connectivity index (χ0v) is 22.2. The van der Waals surface area contributed by atoms with Gasteiger partial charge in [-0.05, 0) is 48.7 Å². The number of hydrogen-bond donors (Lipinski definition) is 4. The van der Waals surface area contributed by atoms with Gasteiger partial charge in [-0.15, -0.1) is 0 Å². The van der Waals surface area contributed by atoms with Crippen LogP contribution in [0.5, 0.6) is 0 Å². The van der Waals surface area contributed by atoms with Gasteiger partial charge in [0.2, 0.25) is 5.91 Å². The van der Waals surface area contributed by atoms with Crippen LogP contribution < -0.4 is 20.9 Å². The molecule has 39 heavy (non-hydrogen) atoms. The summed E-state index contributed by atoms with van der Waals surface area (Å²) in [5, 5.41) is 20.1. The van der Waals surface area contributed by atoms with Crippen LogP contribution in [-0.2, 0) is 9.59 Å². The lowest BCUT2D eigenvalue weighted by Gasteiger charge is -2.45. The van der Waals surface area contributed by atoms with Gasteiger partial charge in [-0.3, -0.25) is 14.5 Å². The van der Waals surface area contributed by atoms with E-state index >= 15 is 0 Å². The van der Waals surface area contributed by atoms with Crippen molar-refractivity contribution in [2.24, 2.45) is 5.92 Å². The van der Waals surface area contributed by atoms with Crippen molar-refractivity contribution >= 4 is 35.3 Å². The van der Waals surface area contributed by atoms with Crippen molar-refractivity contribution in [1.82, 2.24) is 20.9 Å². The van der Waals surface area contributed by atoms with Crippen molar-refractivity contribution in [3.63, 3.8) is 0 Å². The second-order valence-corrected chi connectivity index (χ2v) is 11.4. The number of aliphatic hydroxyl groups is 1. The van der Waals surface area contributed by atoms with E-state index < -0.39 is 12.1 Å². The number of carbonyl (C=O) groups excluding carboxylic acids is 3. The molecule has 0 aliphatic carbocycles. The van der Waals surface area contributed by atoms with Crippen molar-refractivity contribution in [1.29, 1.82) is 0 Å². The number of piperidine rings is 2. The van der Waals surface area contributed by atoms with E-state index in [9.17, 15) is 19.5 Å². The molecule has 0 radical (unpaired) electrons. The van der Waals surface area contributed by atoms with Gasteiger partial charge in [-0.25, -0.2) is 4.79 Å². The molecule has 3 saturated heterocycles. The van der Waals surface area contributed by atoms with Crippen molar-refractivity contribution < 1.29 is 19.5 Å². The Morgan fingerprint density at radius 2 is 1.82 bits per heavy atom.